The molecular formula is C14H21BrO3S. The van der Waals surface area contributed by atoms with Gasteiger partial charge in [0.1, 0.15) is 15.6 Å². The molecule has 3 nitrogen and oxygen atoms in total. The average molecular weight is 349 g/mol. The molecular weight excluding hydrogens is 328 g/mol. The van der Waals surface area contributed by atoms with Gasteiger partial charge in [-0.1, -0.05) is 35.0 Å². The molecule has 108 valence electrons. The molecule has 1 atom stereocenters. The number of hydrogen-bond acceptors (Lipinski definition) is 3. The number of alkyl halides is 1. The van der Waals surface area contributed by atoms with E-state index in [1.54, 1.807) is 14.0 Å². The molecule has 0 bridgehead atoms. The fourth-order valence-corrected chi connectivity index (χ4v) is 3.39. The van der Waals surface area contributed by atoms with E-state index in [2.05, 4.69) is 15.9 Å². The second kappa shape index (κ2) is 7.90. The quantitative estimate of drug-likeness (QED) is 0.678. The van der Waals surface area contributed by atoms with Gasteiger partial charge in [0.25, 0.3) is 0 Å². The molecule has 1 unspecified atom stereocenters. The minimum Gasteiger partial charge on any atom is -0.497 e. The maximum atomic E-state index is 11.5. The summed E-state index contributed by atoms with van der Waals surface area (Å²) in [4.78, 5) is 0. The van der Waals surface area contributed by atoms with Gasteiger partial charge in [-0.3, -0.25) is 0 Å². The van der Waals surface area contributed by atoms with Crippen LogP contribution in [0.1, 0.15) is 18.9 Å². The predicted molar refractivity (Wildman–Crippen MR) is 82.9 cm³/mol. The van der Waals surface area contributed by atoms with E-state index in [9.17, 15) is 8.42 Å². The molecule has 0 aliphatic heterocycles. The average Bonchev–Trinajstić information content (AvgIpc) is 2.43. The molecule has 0 N–H and O–H groups in total. The summed E-state index contributed by atoms with van der Waals surface area (Å²) < 4.78 is 28.3. The van der Waals surface area contributed by atoms with Crippen LogP contribution in [0.15, 0.2) is 24.3 Å². The van der Waals surface area contributed by atoms with Gasteiger partial charge in [-0.15, -0.1) is 0 Å². The van der Waals surface area contributed by atoms with Crippen LogP contribution in [0.25, 0.3) is 0 Å². The molecule has 0 spiro atoms. The number of rotatable bonds is 8. The number of halogens is 1. The van der Waals surface area contributed by atoms with Crippen LogP contribution in [0.3, 0.4) is 0 Å². The smallest absolute Gasteiger partial charge is 0.150 e. The Labute approximate surface area is 124 Å². The summed E-state index contributed by atoms with van der Waals surface area (Å²) in [6.07, 6.45) is 1.56. The lowest BCUT2D eigenvalue weighted by Gasteiger charge is -2.14. The number of benzene rings is 1. The zero-order valence-electron chi connectivity index (χ0n) is 11.4. The van der Waals surface area contributed by atoms with Crippen molar-refractivity contribution in [3.8, 4) is 5.75 Å². The van der Waals surface area contributed by atoms with Crippen LogP contribution >= 0.6 is 15.9 Å². The monoisotopic (exact) mass is 348 g/mol. The molecule has 0 aromatic heterocycles. The highest BCUT2D eigenvalue weighted by molar-refractivity contribution is 9.09. The van der Waals surface area contributed by atoms with Crippen LogP contribution in [0.2, 0.25) is 0 Å². The molecule has 1 aromatic rings. The SMILES string of the molecule is CCS(=O)(=O)CCC(CBr)Cc1cccc(OC)c1. The third kappa shape index (κ3) is 5.95. The molecule has 0 aliphatic rings. The Morgan fingerprint density at radius 3 is 2.68 bits per heavy atom. The lowest BCUT2D eigenvalue weighted by Crippen LogP contribution is -2.15. The van der Waals surface area contributed by atoms with Crippen LogP contribution < -0.4 is 4.74 Å². The van der Waals surface area contributed by atoms with Crippen LogP contribution in [0.5, 0.6) is 5.75 Å². The van der Waals surface area contributed by atoms with Crippen LogP contribution in [0, 0.1) is 5.92 Å². The van der Waals surface area contributed by atoms with E-state index in [0.717, 1.165) is 17.5 Å². The Balaban J connectivity index is 2.61. The second-order valence-electron chi connectivity index (χ2n) is 4.60. The lowest BCUT2D eigenvalue weighted by molar-refractivity contribution is 0.413. The normalized spacial score (nSPS) is 13.2. The van der Waals surface area contributed by atoms with Crippen molar-refractivity contribution in [2.45, 2.75) is 19.8 Å². The first-order valence-electron chi connectivity index (χ1n) is 6.40. The van der Waals surface area contributed by atoms with Crippen molar-refractivity contribution >= 4 is 25.8 Å². The molecule has 0 saturated heterocycles. The first-order chi connectivity index (χ1) is 9.00. The molecule has 1 rings (SSSR count). The number of sulfone groups is 1. The molecule has 5 heteroatoms. The Bertz CT molecular complexity index is 485. The zero-order chi connectivity index (χ0) is 14.3. The van der Waals surface area contributed by atoms with Crippen molar-refractivity contribution in [1.29, 1.82) is 0 Å². The van der Waals surface area contributed by atoms with Gasteiger partial charge < -0.3 is 4.74 Å². The van der Waals surface area contributed by atoms with Crippen molar-refractivity contribution in [3.05, 3.63) is 29.8 Å². The summed E-state index contributed by atoms with van der Waals surface area (Å²) in [6.45, 7) is 1.69. The molecule has 0 amide bonds. The van der Waals surface area contributed by atoms with Gasteiger partial charge in [0, 0.05) is 11.1 Å². The van der Waals surface area contributed by atoms with Gasteiger partial charge in [0.2, 0.25) is 0 Å². The topological polar surface area (TPSA) is 43.4 Å². The van der Waals surface area contributed by atoms with Crippen molar-refractivity contribution in [3.63, 3.8) is 0 Å². The predicted octanol–water partition coefficient (Wildman–Crippen LogP) is 3.07. The van der Waals surface area contributed by atoms with E-state index in [0.29, 0.717) is 12.3 Å². The molecule has 0 fully saturated rings. The van der Waals surface area contributed by atoms with Crippen molar-refractivity contribution < 1.29 is 13.2 Å². The minimum atomic E-state index is -2.88. The number of hydrogen-bond donors (Lipinski definition) is 0. The first kappa shape index (κ1) is 16.5. The van der Waals surface area contributed by atoms with Crippen LogP contribution in [-0.2, 0) is 16.3 Å². The van der Waals surface area contributed by atoms with E-state index >= 15 is 0 Å². The third-order valence-corrected chi connectivity index (χ3v) is 5.81. The molecule has 0 saturated carbocycles. The lowest BCUT2D eigenvalue weighted by atomic mass is 9.99. The molecule has 0 radical (unpaired) electrons. The van der Waals surface area contributed by atoms with Gasteiger partial charge in [-0.2, -0.15) is 0 Å². The highest BCUT2D eigenvalue weighted by Crippen LogP contribution is 2.19. The van der Waals surface area contributed by atoms with E-state index in [4.69, 9.17) is 4.74 Å². The number of methoxy groups -OCH3 is 1. The summed E-state index contributed by atoms with van der Waals surface area (Å²) in [5, 5.41) is 0.809. The van der Waals surface area contributed by atoms with Crippen LogP contribution in [-0.4, -0.2) is 32.4 Å². The van der Waals surface area contributed by atoms with Crippen molar-refractivity contribution in [1.82, 2.24) is 0 Å². The summed E-state index contributed by atoms with van der Waals surface area (Å²) in [5.41, 5.74) is 1.18. The van der Waals surface area contributed by atoms with Crippen LogP contribution in [0.4, 0.5) is 0 Å². The van der Waals surface area contributed by atoms with Gasteiger partial charge in [0.15, 0.2) is 0 Å². The highest BCUT2D eigenvalue weighted by Gasteiger charge is 2.14. The van der Waals surface area contributed by atoms with Crippen molar-refractivity contribution in [2.24, 2.45) is 5.92 Å². The van der Waals surface area contributed by atoms with Gasteiger partial charge in [0.05, 0.1) is 12.9 Å². The Morgan fingerprint density at radius 1 is 1.37 bits per heavy atom. The van der Waals surface area contributed by atoms with Crippen molar-refractivity contribution in [2.75, 3.05) is 23.9 Å². The Kier molecular flexibility index (Phi) is 6.86. The molecule has 19 heavy (non-hydrogen) atoms. The highest BCUT2D eigenvalue weighted by atomic mass is 79.9. The van der Waals surface area contributed by atoms with Gasteiger partial charge >= 0.3 is 0 Å². The van der Waals surface area contributed by atoms with E-state index < -0.39 is 9.84 Å². The summed E-state index contributed by atoms with van der Waals surface area (Å²) >= 11 is 3.47. The third-order valence-electron chi connectivity index (χ3n) is 3.15. The number of ether oxygens (including phenoxy) is 1. The molecule has 0 aliphatic carbocycles. The first-order valence-corrected chi connectivity index (χ1v) is 9.34. The fraction of sp³-hybridized carbons (Fsp3) is 0.571. The Hall–Kier alpha value is -0.550. The summed E-state index contributed by atoms with van der Waals surface area (Å²) in [5.74, 6) is 1.66. The largest absolute Gasteiger partial charge is 0.497 e. The summed E-state index contributed by atoms with van der Waals surface area (Å²) in [7, 11) is -1.23. The van der Waals surface area contributed by atoms with Gasteiger partial charge in [-0.05, 0) is 36.5 Å². The standard InChI is InChI=1S/C14H21BrO3S/c1-3-19(16,17)8-7-13(11-15)9-12-5-4-6-14(10-12)18-2/h4-6,10,13H,3,7-9,11H2,1-2H3. The van der Waals surface area contributed by atoms with E-state index in [-0.39, 0.29) is 11.5 Å². The Morgan fingerprint density at radius 2 is 2.11 bits per heavy atom. The molecule has 1 aromatic carbocycles. The fourth-order valence-electron chi connectivity index (χ4n) is 1.86. The van der Waals surface area contributed by atoms with E-state index in [1.165, 1.54) is 5.56 Å². The van der Waals surface area contributed by atoms with E-state index in [1.807, 2.05) is 24.3 Å². The second-order valence-corrected chi connectivity index (χ2v) is 7.72. The maximum Gasteiger partial charge on any atom is 0.150 e. The minimum absolute atomic E-state index is 0.223. The maximum absolute atomic E-state index is 11.5. The molecule has 0 heterocycles. The van der Waals surface area contributed by atoms with Gasteiger partial charge in [-0.25, -0.2) is 8.42 Å². The summed E-state index contributed by atoms with van der Waals surface area (Å²) in [6, 6.07) is 7.92. The zero-order valence-corrected chi connectivity index (χ0v) is 13.8.